The number of nitrogens with one attached hydrogen (secondary N) is 1. The number of ketones is 1. The summed E-state index contributed by atoms with van der Waals surface area (Å²) in [4.78, 5) is 19.5. The SMILES string of the molecule is COc1ccc(F)c(C(=O)c2c[nH]c3nccc(Cl)c23)c1. The fourth-order valence-electron chi connectivity index (χ4n) is 2.15. The summed E-state index contributed by atoms with van der Waals surface area (Å²) in [5.74, 6) is -0.688. The molecule has 0 spiro atoms. The van der Waals surface area contributed by atoms with Gasteiger partial charge in [-0.25, -0.2) is 9.37 Å². The Morgan fingerprint density at radius 2 is 2.14 bits per heavy atom. The predicted octanol–water partition coefficient (Wildman–Crippen LogP) is 3.60. The van der Waals surface area contributed by atoms with Crippen molar-refractivity contribution in [3.8, 4) is 5.75 Å². The maximum Gasteiger partial charge on any atom is 0.198 e. The fraction of sp³-hybridized carbons (Fsp3) is 0.0667. The number of carbonyl (C=O) groups is 1. The number of hydrogen-bond acceptors (Lipinski definition) is 3. The molecule has 0 aliphatic rings. The first-order chi connectivity index (χ1) is 10.1. The van der Waals surface area contributed by atoms with Crippen molar-refractivity contribution in [1.82, 2.24) is 9.97 Å². The highest BCUT2D eigenvalue weighted by Gasteiger charge is 2.20. The van der Waals surface area contributed by atoms with Crippen LogP contribution < -0.4 is 4.74 Å². The molecule has 0 amide bonds. The van der Waals surface area contributed by atoms with E-state index in [9.17, 15) is 9.18 Å². The van der Waals surface area contributed by atoms with Gasteiger partial charge in [-0.05, 0) is 24.3 Å². The van der Waals surface area contributed by atoms with Crippen LogP contribution in [0, 0.1) is 5.82 Å². The summed E-state index contributed by atoms with van der Waals surface area (Å²) >= 11 is 6.10. The van der Waals surface area contributed by atoms with Crippen LogP contribution in [-0.4, -0.2) is 22.9 Å². The summed E-state index contributed by atoms with van der Waals surface area (Å²) in [5, 5.41) is 0.860. The number of rotatable bonds is 3. The molecule has 0 fully saturated rings. The predicted molar refractivity (Wildman–Crippen MR) is 77.5 cm³/mol. The van der Waals surface area contributed by atoms with Gasteiger partial charge in [-0.15, -0.1) is 0 Å². The lowest BCUT2D eigenvalue weighted by molar-refractivity contribution is 0.103. The third-order valence-electron chi connectivity index (χ3n) is 3.19. The van der Waals surface area contributed by atoms with Crippen LogP contribution in [0.15, 0.2) is 36.7 Å². The van der Waals surface area contributed by atoms with Crippen LogP contribution in [0.25, 0.3) is 11.0 Å². The van der Waals surface area contributed by atoms with Crippen LogP contribution in [0.1, 0.15) is 15.9 Å². The van der Waals surface area contributed by atoms with Crippen LogP contribution >= 0.6 is 11.6 Å². The Kier molecular flexibility index (Phi) is 3.35. The molecule has 0 aliphatic heterocycles. The first-order valence-corrected chi connectivity index (χ1v) is 6.49. The summed E-state index contributed by atoms with van der Waals surface area (Å²) in [7, 11) is 1.45. The topological polar surface area (TPSA) is 55.0 Å². The molecule has 21 heavy (non-hydrogen) atoms. The number of fused-ring (bicyclic) bond motifs is 1. The van der Waals surface area contributed by atoms with Crippen molar-refractivity contribution in [2.45, 2.75) is 0 Å². The molecule has 1 aromatic carbocycles. The van der Waals surface area contributed by atoms with E-state index in [1.54, 1.807) is 6.07 Å². The van der Waals surface area contributed by atoms with Crippen molar-refractivity contribution >= 4 is 28.4 Å². The average molecular weight is 305 g/mol. The zero-order chi connectivity index (χ0) is 15.0. The summed E-state index contributed by atoms with van der Waals surface area (Å²) in [6.07, 6.45) is 3.01. The van der Waals surface area contributed by atoms with Gasteiger partial charge in [-0.2, -0.15) is 0 Å². The maximum absolute atomic E-state index is 13.9. The Labute approximate surface area is 124 Å². The van der Waals surface area contributed by atoms with Gasteiger partial charge in [0.25, 0.3) is 0 Å². The Balaban J connectivity index is 2.17. The Morgan fingerprint density at radius 1 is 1.33 bits per heavy atom. The summed E-state index contributed by atoms with van der Waals surface area (Å²) in [6, 6.07) is 5.59. The number of nitrogens with zero attached hydrogens (tertiary/aromatic N) is 1. The largest absolute Gasteiger partial charge is 0.497 e. The van der Waals surface area contributed by atoms with E-state index in [4.69, 9.17) is 16.3 Å². The quantitative estimate of drug-likeness (QED) is 0.752. The van der Waals surface area contributed by atoms with Gasteiger partial charge in [-0.1, -0.05) is 11.6 Å². The number of ether oxygens (including phenoxy) is 1. The van der Waals surface area contributed by atoms with Crippen LogP contribution in [0.5, 0.6) is 5.75 Å². The van der Waals surface area contributed by atoms with E-state index in [0.717, 1.165) is 0 Å². The second kappa shape index (κ2) is 5.18. The van der Waals surface area contributed by atoms with Gasteiger partial charge < -0.3 is 9.72 Å². The van der Waals surface area contributed by atoms with E-state index in [1.165, 1.54) is 37.7 Å². The molecule has 3 rings (SSSR count). The lowest BCUT2D eigenvalue weighted by Crippen LogP contribution is -2.04. The number of carbonyl (C=O) groups excluding carboxylic acids is 1. The van der Waals surface area contributed by atoms with Crippen molar-refractivity contribution in [3.05, 3.63) is 58.6 Å². The molecule has 0 radical (unpaired) electrons. The third kappa shape index (κ3) is 2.25. The lowest BCUT2D eigenvalue weighted by Gasteiger charge is -2.05. The molecule has 2 aromatic heterocycles. The number of aromatic amines is 1. The summed E-state index contributed by atoms with van der Waals surface area (Å²) in [5.41, 5.74) is 0.680. The number of halogens is 2. The Bertz CT molecular complexity index is 845. The molecule has 106 valence electrons. The third-order valence-corrected chi connectivity index (χ3v) is 3.50. The van der Waals surface area contributed by atoms with Crippen LogP contribution in [0.4, 0.5) is 4.39 Å². The zero-order valence-electron chi connectivity index (χ0n) is 11.0. The van der Waals surface area contributed by atoms with Crippen LogP contribution in [0.2, 0.25) is 5.02 Å². The van der Waals surface area contributed by atoms with Gasteiger partial charge in [0, 0.05) is 17.8 Å². The lowest BCUT2D eigenvalue weighted by atomic mass is 10.0. The van der Waals surface area contributed by atoms with Crippen molar-refractivity contribution < 1.29 is 13.9 Å². The summed E-state index contributed by atoms with van der Waals surface area (Å²) < 4.78 is 18.9. The minimum Gasteiger partial charge on any atom is -0.497 e. The molecule has 0 atom stereocenters. The van der Waals surface area contributed by atoms with Crippen molar-refractivity contribution in [3.63, 3.8) is 0 Å². The molecule has 1 N–H and O–H groups in total. The molecule has 0 bridgehead atoms. The molecule has 2 heterocycles. The van der Waals surface area contributed by atoms with Gasteiger partial charge in [0.05, 0.1) is 23.3 Å². The number of benzene rings is 1. The second-order valence-electron chi connectivity index (χ2n) is 4.39. The summed E-state index contributed by atoms with van der Waals surface area (Å²) in [6.45, 7) is 0. The molecular formula is C15H10ClFN2O2. The molecule has 0 saturated carbocycles. The number of aromatic nitrogens is 2. The van der Waals surface area contributed by atoms with Gasteiger partial charge in [0.2, 0.25) is 0 Å². The minimum absolute atomic E-state index is 0.0739. The number of methoxy groups -OCH3 is 1. The van der Waals surface area contributed by atoms with Crippen molar-refractivity contribution in [2.75, 3.05) is 7.11 Å². The molecule has 0 saturated heterocycles. The molecule has 4 nitrogen and oxygen atoms in total. The average Bonchev–Trinajstić information content (AvgIpc) is 2.92. The smallest absolute Gasteiger partial charge is 0.198 e. The van der Waals surface area contributed by atoms with Gasteiger partial charge in [0.15, 0.2) is 5.78 Å². The molecule has 0 unspecified atom stereocenters. The van der Waals surface area contributed by atoms with Gasteiger partial charge >= 0.3 is 0 Å². The van der Waals surface area contributed by atoms with E-state index in [1.807, 2.05) is 0 Å². The number of pyridine rings is 1. The highest BCUT2D eigenvalue weighted by Crippen LogP contribution is 2.28. The maximum atomic E-state index is 13.9. The van der Waals surface area contributed by atoms with E-state index < -0.39 is 11.6 Å². The molecular weight excluding hydrogens is 295 g/mol. The number of hydrogen-bond donors (Lipinski definition) is 1. The zero-order valence-corrected chi connectivity index (χ0v) is 11.7. The highest BCUT2D eigenvalue weighted by molar-refractivity contribution is 6.37. The first-order valence-electron chi connectivity index (χ1n) is 6.11. The molecule has 3 aromatic rings. The first kappa shape index (κ1) is 13.6. The Morgan fingerprint density at radius 3 is 2.90 bits per heavy atom. The standard InChI is InChI=1S/C15H10ClFN2O2/c1-21-8-2-3-12(17)9(6-8)14(20)10-7-19-15-13(10)11(16)4-5-18-15/h2-7H,1H3,(H,18,19). The van der Waals surface area contributed by atoms with Crippen molar-refractivity contribution in [1.29, 1.82) is 0 Å². The highest BCUT2D eigenvalue weighted by atomic mass is 35.5. The van der Waals surface area contributed by atoms with Crippen LogP contribution in [-0.2, 0) is 0 Å². The van der Waals surface area contributed by atoms with E-state index >= 15 is 0 Å². The van der Waals surface area contributed by atoms with E-state index in [0.29, 0.717) is 21.8 Å². The molecule has 0 aliphatic carbocycles. The van der Waals surface area contributed by atoms with Crippen LogP contribution in [0.3, 0.4) is 0 Å². The normalized spacial score (nSPS) is 10.8. The van der Waals surface area contributed by atoms with E-state index in [2.05, 4.69) is 9.97 Å². The number of H-pyrrole nitrogens is 1. The van der Waals surface area contributed by atoms with Crippen molar-refractivity contribution in [2.24, 2.45) is 0 Å². The fourth-order valence-corrected chi connectivity index (χ4v) is 2.39. The van der Waals surface area contributed by atoms with E-state index in [-0.39, 0.29) is 11.1 Å². The minimum atomic E-state index is -0.616. The van der Waals surface area contributed by atoms with Gasteiger partial charge in [-0.3, -0.25) is 4.79 Å². The second-order valence-corrected chi connectivity index (χ2v) is 4.80. The monoisotopic (exact) mass is 304 g/mol. The molecule has 6 heteroatoms. The Hall–Kier alpha value is -2.40. The van der Waals surface area contributed by atoms with Gasteiger partial charge in [0.1, 0.15) is 17.2 Å².